The number of rotatable bonds is 4. The minimum absolute atomic E-state index is 0.229. The molecule has 2 heterocycles. The Kier molecular flexibility index (Phi) is 4.27. The van der Waals surface area contributed by atoms with Gasteiger partial charge in [0.15, 0.2) is 0 Å². The van der Waals surface area contributed by atoms with Crippen LogP contribution in [-0.4, -0.2) is 31.4 Å². The van der Waals surface area contributed by atoms with E-state index in [9.17, 15) is 4.79 Å². The molecule has 1 spiro atoms. The quantitative estimate of drug-likeness (QED) is 0.725. The largest absolute Gasteiger partial charge is 0.312 e. The Bertz CT molecular complexity index is 1060. The van der Waals surface area contributed by atoms with Crippen LogP contribution in [0.25, 0.3) is 22.5 Å². The van der Waals surface area contributed by atoms with E-state index >= 15 is 0 Å². The van der Waals surface area contributed by atoms with E-state index in [-0.39, 0.29) is 11.3 Å². The number of tetrazole rings is 1. The smallest absolute Gasteiger partial charge is 0.237 e. The van der Waals surface area contributed by atoms with Gasteiger partial charge < -0.3 is 4.90 Å². The predicted molar refractivity (Wildman–Crippen MR) is 110 cm³/mol. The second-order valence-electron chi connectivity index (χ2n) is 8.02. The number of aromatic nitrogens is 4. The zero-order valence-corrected chi connectivity index (χ0v) is 16.4. The molecule has 5 rings (SSSR count). The number of nitrogens with one attached hydrogen (secondary N) is 1. The fraction of sp³-hybridized carbons (Fsp3) is 0.304. The van der Waals surface area contributed by atoms with Crippen molar-refractivity contribution in [3.8, 4) is 22.5 Å². The summed E-state index contributed by atoms with van der Waals surface area (Å²) in [6.45, 7) is 2.68. The molecule has 1 amide bonds. The molecule has 0 bridgehead atoms. The summed E-state index contributed by atoms with van der Waals surface area (Å²) >= 11 is 0. The average Bonchev–Trinajstić information content (AvgIpc) is 3.48. The van der Waals surface area contributed by atoms with Gasteiger partial charge in [0.05, 0.1) is 12.0 Å². The third-order valence-electron chi connectivity index (χ3n) is 6.20. The van der Waals surface area contributed by atoms with Crippen molar-refractivity contribution in [2.45, 2.75) is 39.2 Å². The topological polar surface area (TPSA) is 74.8 Å². The molecule has 0 saturated heterocycles. The van der Waals surface area contributed by atoms with Crippen molar-refractivity contribution in [3.05, 3.63) is 65.9 Å². The highest BCUT2D eigenvalue weighted by Gasteiger charge is 2.46. The summed E-state index contributed by atoms with van der Waals surface area (Å²) < 4.78 is 0. The molecule has 1 saturated carbocycles. The Labute approximate surface area is 169 Å². The molecule has 146 valence electrons. The maximum atomic E-state index is 13.1. The van der Waals surface area contributed by atoms with E-state index in [1.54, 1.807) is 0 Å². The van der Waals surface area contributed by atoms with Crippen LogP contribution in [0.3, 0.4) is 0 Å². The number of aromatic amines is 1. The number of nitrogens with zero attached hydrogens (tertiary/aromatic N) is 4. The molecule has 1 fully saturated rings. The third-order valence-corrected chi connectivity index (χ3v) is 6.20. The Hall–Kier alpha value is -3.28. The van der Waals surface area contributed by atoms with Crippen LogP contribution in [0.2, 0.25) is 0 Å². The van der Waals surface area contributed by atoms with Gasteiger partial charge in [-0.25, -0.2) is 0 Å². The molecule has 1 N–H and O–H groups in total. The molecular formula is C23H23N5O. The highest BCUT2D eigenvalue weighted by atomic mass is 16.2. The zero-order chi connectivity index (χ0) is 19.8. The molecule has 1 aliphatic carbocycles. The van der Waals surface area contributed by atoms with Gasteiger partial charge in [-0.15, -0.1) is 10.2 Å². The molecule has 0 unspecified atom stereocenters. The SMILES string of the molecule is CC1=CC2(CCCC2)C(=O)N1Cc1ccc(-c2ccccc2-c2nn[nH]n2)cc1. The summed E-state index contributed by atoms with van der Waals surface area (Å²) in [5.41, 5.74) is 5.06. The summed E-state index contributed by atoms with van der Waals surface area (Å²) in [7, 11) is 0. The van der Waals surface area contributed by atoms with Crippen LogP contribution in [0.15, 0.2) is 60.3 Å². The standard InChI is InChI=1S/C23H23N5O/c1-16-14-23(12-4-5-13-23)22(29)28(16)15-17-8-10-18(11-9-17)19-6-2-3-7-20(19)21-24-26-27-25-21/h2-3,6-11,14H,4-5,12-13,15H2,1H3,(H,24,25,26,27). The Morgan fingerprint density at radius 1 is 1.03 bits per heavy atom. The van der Waals surface area contributed by atoms with Gasteiger partial charge in [-0.3, -0.25) is 4.79 Å². The maximum Gasteiger partial charge on any atom is 0.237 e. The van der Waals surface area contributed by atoms with E-state index in [2.05, 4.69) is 64.0 Å². The number of H-pyrrole nitrogens is 1. The van der Waals surface area contributed by atoms with Crippen molar-refractivity contribution in [3.63, 3.8) is 0 Å². The highest BCUT2D eigenvalue weighted by molar-refractivity contribution is 5.89. The monoisotopic (exact) mass is 385 g/mol. The molecule has 0 atom stereocenters. The lowest BCUT2D eigenvalue weighted by Crippen LogP contribution is -2.33. The first-order valence-corrected chi connectivity index (χ1v) is 10.1. The first-order chi connectivity index (χ1) is 14.2. The number of hydrogen-bond donors (Lipinski definition) is 1. The van der Waals surface area contributed by atoms with Crippen molar-refractivity contribution in [1.82, 2.24) is 25.5 Å². The fourth-order valence-corrected chi connectivity index (χ4v) is 4.71. The Morgan fingerprint density at radius 2 is 1.76 bits per heavy atom. The molecular weight excluding hydrogens is 362 g/mol. The molecule has 29 heavy (non-hydrogen) atoms. The van der Waals surface area contributed by atoms with E-state index in [1.807, 2.05) is 23.1 Å². The lowest BCUT2D eigenvalue weighted by atomic mass is 9.87. The normalized spacial score (nSPS) is 17.9. The molecule has 0 radical (unpaired) electrons. The first-order valence-electron chi connectivity index (χ1n) is 10.1. The van der Waals surface area contributed by atoms with Gasteiger partial charge in [-0.2, -0.15) is 5.21 Å². The van der Waals surface area contributed by atoms with Gasteiger partial charge in [-0.05, 0) is 47.7 Å². The van der Waals surface area contributed by atoms with Gasteiger partial charge in [0.25, 0.3) is 0 Å². The van der Waals surface area contributed by atoms with Crippen molar-refractivity contribution in [2.24, 2.45) is 5.41 Å². The van der Waals surface area contributed by atoms with Gasteiger partial charge in [-0.1, -0.05) is 61.4 Å². The number of benzene rings is 2. The number of allylic oxidation sites excluding steroid dienone is 1. The van der Waals surface area contributed by atoms with Crippen LogP contribution >= 0.6 is 0 Å². The number of carbonyl (C=O) groups is 1. The predicted octanol–water partition coefficient (Wildman–Crippen LogP) is 4.34. The second-order valence-corrected chi connectivity index (χ2v) is 8.02. The Balaban J connectivity index is 1.39. The third kappa shape index (κ3) is 3.05. The molecule has 2 aliphatic rings. The molecule has 6 nitrogen and oxygen atoms in total. The van der Waals surface area contributed by atoms with Crippen molar-refractivity contribution in [1.29, 1.82) is 0 Å². The van der Waals surface area contributed by atoms with Crippen molar-refractivity contribution >= 4 is 5.91 Å². The lowest BCUT2D eigenvalue weighted by molar-refractivity contribution is -0.135. The van der Waals surface area contributed by atoms with E-state index in [0.717, 1.165) is 53.6 Å². The first kappa shape index (κ1) is 17.8. The second kappa shape index (κ2) is 6.95. The van der Waals surface area contributed by atoms with Crippen molar-refractivity contribution < 1.29 is 4.79 Å². The number of carbonyl (C=O) groups excluding carboxylic acids is 1. The maximum absolute atomic E-state index is 13.1. The summed E-state index contributed by atoms with van der Waals surface area (Å²) in [4.78, 5) is 15.0. The van der Waals surface area contributed by atoms with Crippen molar-refractivity contribution in [2.75, 3.05) is 0 Å². The summed E-state index contributed by atoms with van der Waals surface area (Å²) in [6, 6.07) is 16.4. The summed E-state index contributed by atoms with van der Waals surface area (Å²) in [5, 5.41) is 14.4. The molecule has 1 aliphatic heterocycles. The average molecular weight is 385 g/mol. The molecule has 1 aromatic heterocycles. The van der Waals surface area contributed by atoms with E-state index in [1.165, 1.54) is 0 Å². The van der Waals surface area contributed by atoms with E-state index < -0.39 is 0 Å². The lowest BCUT2D eigenvalue weighted by Gasteiger charge is -2.24. The van der Waals surface area contributed by atoms with Crippen LogP contribution < -0.4 is 0 Å². The molecule has 3 aromatic rings. The van der Waals surface area contributed by atoms with E-state index in [4.69, 9.17) is 0 Å². The van der Waals surface area contributed by atoms with Gasteiger partial charge >= 0.3 is 0 Å². The number of hydrogen-bond acceptors (Lipinski definition) is 4. The van der Waals surface area contributed by atoms with Crippen LogP contribution in [0, 0.1) is 5.41 Å². The van der Waals surface area contributed by atoms with Crippen LogP contribution in [0.4, 0.5) is 0 Å². The van der Waals surface area contributed by atoms with Gasteiger partial charge in [0, 0.05) is 11.3 Å². The van der Waals surface area contributed by atoms with Gasteiger partial charge in [0.2, 0.25) is 11.7 Å². The highest BCUT2D eigenvalue weighted by Crippen LogP contribution is 2.46. The Morgan fingerprint density at radius 3 is 2.45 bits per heavy atom. The fourth-order valence-electron chi connectivity index (χ4n) is 4.71. The minimum Gasteiger partial charge on any atom is -0.312 e. The minimum atomic E-state index is -0.229. The van der Waals surface area contributed by atoms with Crippen LogP contribution in [0.5, 0.6) is 0 Å². The zero-order valence-electron chi connectivity index (χ0n) is 16.4. The van der Waals surface area contributed by atoms with Crippen LogP contribution in [0.1, 0.15) is 38.2 Å². The van der Waals surface area contributed by atoms with E-state index in [0.29, 0.717) is 12.4 Å². The van der Waals surface area contributed by atoms with Gasteiger partial charge in [0.1, 0.15) is 0 Å². The summed E-state index contributed by atoms with van der Waals surface area (Å²) in [5.74, 6) is 0.856. The molecule has 6 heteroatoms. The summed E-state index contributed by atoms with van der Waals surface area (Å²) in [6.07, 6.45) is 6.49. The molecule has 2 aromatic carbocycles. The number of amides is 1. The van der Waals surface area contributed by atoms with Crippen LogP contribution in [-0.2, 0) is 11.3 Å².